The fourth-order valence-corrected chi connectivity index (χ4v) is 3.06. The molecule has 0 radical (unpaired) electrons. The zero-order valence-electron chi connectivity index (χ0n) is 13.4. The lowest BCUT2D eigenvalue weighted by molar-refractivity contribution is -0.122. The molecule has 1 aromatic heterocycles. The minimum Gasteiger partial charge on any atom is -0.463 e. The Morgan fingerprint density at radius 3 is 2.80 bits per heavy atom. The lowest BCUT2D eigenvalue weighted by atomic mass is 10.2. The summed E-state index contributed by atoms with van der Waals surface area (Å²) in [6, 6.07) is 12.6. The summed E-state index contributed by atoms with van der Waals surface area (Å²) in [7, 11) is 0. The SMILES string of the molecule is C/C(=N/N=C1\NC(=O)[C@H](CC(=O)Nc2ccccc2)S1)c1ccco1. The Balaban J connectivity index is 1.58. The Morgan fingerprint density at radius 2 is 2.08 bits per heavy atom. The van der Waals surface area contributed by atoms with Crippen LogP contribution in [0.5, 0.6) is 0 Å². The van der Waals surface area contributed by atoms with Gasteiger partial charge in [-0.2, -0.15) is 0 Å². The van der Waals surface area contributed by atoms with Gasteiger partial charge < -0.3 is 15.1 Å². The number of carbonyl (C=O) groups excluding carboxylic acids is 2. The standard InChI is InChI=1S/C17H16N4O3S/c1-11(13-8-5-9-24-13)20-21-17-19-16(23)14(25-17)10-15(22)18-12-6-3-2-4-7-12/h2-9,14H,10H2,1H3,(H,18,22)(H,19,21,23)/b20-11-/t14-/m0/s1. The number of amides is 2. The van der Waals surface area contributed by atoms with Crippen molar-refractivity contribution in [1.29, 1.82) is 0 Å². The molecule has 0 unspecified atom stereocenters. The maximum absolute atomic E-state index is 12.1. The van der Waals surface area contributed by atoms with Gasteiger partial charge in [0.05, 0.1) is 6.26 Å². The van der Waals surface area contributed by atoms with E-state index in [2.05, 4.69) is 20.8 Å². The van der Waals surface area contributed by atoms with Crippen LogP contribution >= 0.6 is 11.8 Å². The van der Waals surface area contributed by atoms with Crippen LogP contribution in [0.2, 0.25) is 0 Å². The van der Waals surface area contributed by atoms with E-state index in [-0.39, 0.29) is 18.2 Å². The molecule has 2 N–H and O–H groups in total. The number of anilines is 1. The highest BCUT2D eigenvalue weighted by atomic mass is 32.2. The smallest absolute Gasteiger partial charge is 0.240 e. The molecule has 2 heterocycles. The Morgan fingerprint density at radius 1 is 1.28 bits per heavy atom. The van der Waals surface area contributed by atoms with Crippen LogP contribution in [0.3, 0.4) is 0 Å². The Hall–Kier alpha value is -2.87. The highest BCUT2D eigenvalue weighted by Gasteiger charge is 2.32. The topological polar surface area (TPSA) is 96.1 Å². The third-order valence-electron chi connectivity index (χ3n) is 3.37. The fourth-order valence-electron chi connectivity index (χ4n) is 2.14. The van der Waals surface area contributed by atoms with Crippen LogP contribution in [0.15, 0.2) is 63.3 Å². The zero-order valence-corrected chi connectivity index (χ0v) is 14.2. The van der Waals surface area contributed by atoms with Crippen LogP contribution in [0, 0.1) is 0 Å². The van der Waals surface area contributed by atoms with Gasteiger partial charge in [0.2, 0.25) is 11.8 Å². The van der Waals surface area contributed by atoms with Crippen molar-refractivity contribution in [3.05, 3.63) is 54.5 Å². The first kappa shape index (κ1) is 17.0. The first-order chi connectivity index (χ1) is 12.1. The number of nitrogens with one attached hydrogen (secondary N) is 2. The van der Waals surface area contributed by atoms with Crippen molar-refractivity contribution in [3.8, 4) is 0 Å². The highest BCUT2D eigenvalue weighted by molar-refractivity contribution is 8.15. The van der Waals surface area contributed by atoms with Gasteiger partial charge in [0.1, 0.15) is 16.7 Å². The third-order valence-corrected chi connectivity index (χ3v) is 4.45. The average molecular weight is 356 g/mol. The molecule has 2 aromatic rings. The molecule has 7 nitrogen and oxygen atoms in total. The summed E-state index contributed by atoms with van der Waals surface area (Å²) >= 11 is 1.19. The third kappa shape index (κ3) is 4.57. The molecule has 2 amide bonds. The molecule has 1 aliphatic heterocycles. The lowest BCUT2D eigenvalue weighted by Gasteiger charge is -2.06. The first-order valence-electron chi connectivity index (χ1n) is 7.60. The van der Waals surface area contributed by atoms with Crippen LogP contribution in [-0.2, 0) is 9.59 Å². The van der Waals surface area contributed by atoms with Crippen LogP contribution in [0.1, 0.15) is 19.1 Å². The maximum atomic E-state index is 12.1. The Kier molecular flexibility index (Phi) is 5.30. The molecule has 0 saturated carbocycles. The fraction of sp³-hybridized carbons (Fsp3) is 0.176. The number of thioether (sulfide) groups is 1. The normalized spacial score (nSPS) is 19.1. The summed E-state index contributed by atoms with van der Waals surface area (Å²) in [5.74, 6) is 0.130. The molecular formula is C17H16N4O3S. The van der Waals surface area contributed by atoms with Crippen molar-refractivity contribution >= 4 is 40.1 Å². The van der Waals surface area contributed by atoms with Crippen molar-refractivity contribution in [3.63, 3.8) is 0 Å². The summed E-state index contributed by atoms with van der Waals surface area (Å²) in [6.07, 6.45) is 1.61. The number of para-hydroxylation sites is 1. The van der Waals surface area contributed by atoms with Crippen LogP contribution in [0.4, 0.5) is 5.69 Å². The first-order valence-corrected chi connectivity index (χ1v) is 8.48. The number of hydrogen-bond acceptors (Lipinski definition) is 6. The number of benzene rings is 1. The monoisotopic (exact) mass is 356 g/mol. The summed E-state index contributed by atoms with van der Waals surface area (Å²) in [5, 5.41) is 13.3. The van der Waals surface area contributed by atoms with E-state index in [1.165, 1.54) is 11.8 Å². The second-order valence-corrected chi connectivity index (χ2v) is 6.47. The van der Waals surface area contributed by atoms with Crippen molar-refractivity contribution in [2.24, 2.45) is 10.2 Å². The van der Waals surface area contributed by atoms with Crippen molar-refractivity contribution < 1.29 is 14.0 Å². The molecule has 0 bridgehead atoms. The van der Waals surface area contributed by atoms with Crippen LogP contribution < -0.4 is 10.6 Å². The summed E-state index contributed by atoms with van der Waals surface area (Å²) < 4.78 is 5.21. The Bertz CT molecular complexity index is 816. The number of hydrogen-bond donors (Lipinski definition) is 2. The molecule has 1 aliphatic rings. The van der Waals surface area contributed by atoms with Crippen molar-refractivity contribution in [2.45, 2.75) is 18.6 Å². The minimum absolute atomic E-state index is 0.0608. The van der Waals surface area contributed by atoms with Gasteiger partial charge in [-0.05, 0) is 31.2 Å². The summed E-state index contributed by atoms with van der Waals surface area (Å²) in [5.41, 5.74) is 1.29. The number of rotatable bonds is 5. The van der Waals surface area contributed by atoms with Gasteiger partial charge in [-0.15, -0.1) is 10.2 Å². The molecule has 3 rings (SSSR count). The van der Waals surface area contributed by atoms with E-state index in [9.17, 15) is 9.59 Å². The van der Waals surface area contributed by atoms with Gasteiger partial charge in [0, 0.05) is 12.1 Å². The predicted molar refractivity (Wildman–Crippen MR) is 97.6 cm³/mol. The van der Waals surface area contributed by atoms with Crippen LogP contribution in [0.25, 0.3) is 0 Å². The second-order valence-electron chi connectivity index (χ2n) is 5.28. The van der Waals surface area contributed by atoms with Gasteiger partial charge in [-0.25, -0.2) is 0 Å². The van der Waals surface area contributed by atoms with Gasteiger partial charge >= 0.3 is 0 Å². The molecule has 128 valence electrons. The predicted octanol–water partition coefficient (Wildman–Crippen LogP) is 2.62. The van der Waals surface area contributed by atoms with E-state index in [4.69, 9.17) is 4.42 Å². The van der Waals surface area contributed by atoms with E-state index in [1.54, 1.807) is 37.5 Å². The van der Waals surface area contributed by atoms with Gasteiger partial charge in [-0.1, -0.05) is 30.0 Å². The molecule has 25 heavy (non-hydrogen) atoms. The van der Waals surface area contributed by atoms with E-state index >= 15 is 0 Å². The molecule has 0 aliphatic carbocycles. The number of carbonyl (C=O) groups is 2. The molecular weight excluding hydrogens is 340 g/mol. The van der Waals surface area contributed by atoms with E-state index in [0.717, 1.165) is 0 Å². The summed E-state index contributed by atoms with van der Waals surface area (Å²) in [6.45, 7) is 1.76. The van der Waals surface area contributed by atoms with Gasteiger partial charge in [-0.3, -0.25) is 9.59 Å². The molecule has 1 atom stereocenters. The molecule has 1 fully saturated rings. The summed E-state index contributed by atoms with van der Waals surface area (Å²) in [4.78, 5) is 24.0. The van der Waals surface area contributed by atoms with Gasteiger partial charge in [0.25, 0.3) is 0 Å². The molecule has 8 heteroatoms. The molecule has 1 aromatic carbocycles. The largest absolute Gasteiger partial charge is 0.463 e. The Labute approximate surface area is 148 Å². The number of nitrogens with zero attached hydrogens (tertiary/aromatic N) is 2. The quantitative estimate of drug-likeness (QED) is 0.636. The molecule has 0 spiro atoms. The second kappa shape index (κ2) is 7.80. The maximum Gasteiger partial charge on any atom is 0.240 e. The van der Waals surface area contributed by atoms with E-state index in [1.807, 2.05) is 18.2 Å². The molecule has 1 saturated heterocycles. The van der Waals surface area contributed by atoms with E-state index < -0.39 is 5.25 Å². The minimum atomic E-state index is -0.526. The lowest BCUT2D eigenvalue weighted by Crippen LogP contribution is -2.28. The van der Waals surface area contributed by atoms with Crippen molar-refractivity contribution in [2.75, 3.05) is 5.32 Å². The number of amidine groups is 1. The highest BCUT2D eigenvalue weighted by Crippen LogP contribution is 2.23. The number of furan rings is 1. The van der Waals surface area contributed by atoms with Crippen molar-refractivity contribution in [1.82, 2.24) is 5.32 Å². The zero-order chi connectivity index (χ0) is 17.6. The van der Waals surface area contributed by atoms with E-state index in [0.29, 0.717) is 22.3 Å². The van der Waals surface area contributed by atoms with Gasteiger partial charge in [0.15, 0.2) is 5.17 Å². The van der Waals surface area contributed by atoms with Crippen LogP contribution in [-0.4, -0.2) is 27.9 Å². The average Bonchev–Trinajstić information content (AvgIpc) is 3.24.